The van der Waals surface area contributed by atoms with Gasteiger partial charge in [-0.05, 0) is 41.1 Å². The fourth-order valence-corrected chi connectivity index (χ4v) is 2.01. The first kappa shape index (κ1) is 13.3. The molecule has 96 valence electrons. The molecule has 0 fully saturated rings. The average Bonchev–Trinajstić information content (AvgIpc) is 2.43. The van der Waals surface area contributed by atoms with Crippen molar-refractivity contribution in [3.05, 3.63) is 40.1 Å². The van der Waals surface area contributed by atoms with Crippen molar-refractivity contribution in [2.75, 3.05) is 10.7 Å². The summed E-state index contributed by atoms with van der Waals surface area (Å²) in [5, 5.41) is 12.0. The highest BCUT2D eigenvalue weighted by molar-refractivity contribution is 9.10. The molecule has 2 rings (SSSR count). The molecule has 0 amide bonds. The van der Waals surface area contributed by atoms with E-state index in [4.69, 9.17) is 11.1 Å². The summed E-state index contributed by atoms with van der Waals surface area (Å²) in [5.74, 6) is 6.57. The number of benzene rings is 1. The molecule has 0 aliphatic rings. The van der Waals surface area contributed by atoms with E-state index in [1.54, 1.807) is 18.2 Å². The maximum Gasteiger partial charge on any atom is 0.148 e. The Morgan fingerprint density at radius 1 is 1.32 bits per heavy atom. The van der Waals surface area contributed by atoms with Crippen molar-refractivity contribution in [1.29, 1.82) is 5.26 Å². The average molecular weight is 319 g/mol. The molecule has 0 saturated carbocycles. The van der Waals surface area contributed by atoms with Gasteiger partial charge in [-0.3, -0.25) is 0 Å². The van der Waals surface area contributed by atoms with Gasteiger partial charge in [0, 0.05) is 10.0 Å². The number of nitriles is 1. The van der Waals surface area contributed by atoms with E-state index in [1.165, 1.54) is 6.33 Å². The molecule has 19 heavy (non-hydrogen) atoms. The van der Waals surface area contributed by atoms with Crippen molar-refractivity contribution >= 4 is 33.3 Å². The first-order valence-electron chi connectivity index (χ1n) is 5.40. The Morgan fingerprint density at radius 3 is 2.68 bits per heavy atom. The lowest BCUT2D eigenvalue weighted by Gasteiger charge is -2.12. The summed E-state index contributed by atoms with van der Waals surface area (Å²) in [6.07, 6.45) is 1.42. The van der Waals surface area contributed by atoms with E-state index in [9.17, 15) is 0 Å². The largest absolute Gasteiger partial charge is 0.339 e. The van der Waals surface area contributed by atoms with Gasteiger partial charge in [0.25, 0.3) is 0 Å². The topological polar surface area (TPSA) is 99.7 Å². The first-order chi connectivity index (χ1) is 9.15. The molecule has 0 unspecified atom stereocenters. The summed E-state index contributed by atoms with van der Waals surface area (Å²) in [7, 11) is 0. The normalized spacial score (nSPS) is 9.79. The molecule has 0 bridgehead atoms. The number of nitrogens with zero attached hydrogens (tertiary/aromatic N) is 3. The van der Waals surface area contributed by atoms with E-state index in [-0.39, 0.29) is 0 Å². The van der Waals surface area contributed by atoms with Crippen molar-refractivity contribution < 1.29 is 0 Å². The van der Waals surface area contributed by atoms with Gasteiger partial charge >= 0.3 is 0 Å². The van der Waals surface area contributed by atoms with Crippen molar-refractivity contribution in [3.63, 3.8) is 0 Å². The van der Waals surface area contributed by atoms with Gasteiger partial charge in [0.1, 0.15) is 18.0 Å². The smallest absolute Gasteiger partial charge is 0.148 e. The lowest BCUT2D eigenvalue weighted by Crippen LogP contribution is -2.11. The number of nitrogens with one attached hydrogen (secondary N) is 2. The van der Waals surface area contributed by atoms with Crippen LogP contribution in [0.2, 0.25) is 0 Å². The third-order valence-electron chi connectivity index (χ3n) is 2.57. The summed E-state index contributed by atoms with van der Waals surface area (Å²) in [4.78, 5) is 8.17. The number of rotatable bonds is 3. The van der Waals surface area contributed by atoms with Crippen LogP contribution in [0.25, 0.3) is 0 Å². The number of hydrazine groups is 1. The van der Waals surface area contributed by atoms with E-state index in [0.717, 1.165) is 15.7 Å². The number of nitrogen functional groups attached to an aromatic ring is 1. The number of halogens is 1. The molecule has 0 aliphatic heterocycles. The minimum Gasteiger partial charge on any atom is -0.339 e. The summed E-state index contributed by atoms with van der Waals surface area (Å²) in [5.41, 5.74) is 4.71. The Labute approximate surface area is 118 Å². The summed E-state index contributed by atoms with van der Waals surface area (Å²) in [6, 6.07) is 7.35. The van der Waals surface area contributed by atoms with Crippen molar-refractivity contribution in [2.24, 2.45) is 5.84 Å². The van der Waals surface area contributed by atoms with E-state index >= 15 is 0 Å². The number of hydrogen-bond acceptors (Lipinski definition) is 6. The van der Waals surface area contributed by atoms with Gasteiger partial charge in [-0.1, -0.05) is 0 Å². The fourth-order valence-electron chi connectivity index (χ4n) is 1.54. The highest BCUT2D eigenvalue weighted by atomic mass is 79.9. The van der Waals surface area contributed by atoms with Gasteiger partial charge in [-0.2, -0.15) is 5.26 Å². The Morgan fingerprint density at radius 2 is 2.05 bits per heavy atom. The zero-order valence-electron chi connectivity index (χ0n) is 10.1. The molecule has 2 aromatic rings. The second-order valence-electron chi connectivity index (χ2n) is 3.77. The molecule has 0 radical (unpaired) electrons. The van der Waals surface area contributed by atoms with Crippen LogP contribution in [0, 0.1) is 18.3 Å². The number of aromatic nitrogens is 2. The minimum atomic E-state index is 0.558. The molecule has 0 saturated heterocycles. The van der Waals surface area contributed by atoms with E-state index < -0.39 is 0 Å². The van der Waals surface area contributed by atoms with Gasteiger partial charge in [-0.25, -0.2) is 15.8 Å². The summed E-state index contributed by atoms with van der Waals surface area (Å²) >= 11 is 3.41. The van der Waals surface area contributed by atoms with Crippen LogP contribution in [0.15, 0.2) is 29.0 Å². The molecule has 0 atom stereocenters. The molecule has 7 heteroatoms. The maximum atomic E-state index is 8.82. The van der Waals surface area contributed by atoms with Gasteiger partial charge in [0.05, 0.1) is 17.3 Å². The van der Waals surface area contributed by atoms with E-state index in [2.05, 4.69) is 42.7 Å². The third-order valence-corrected chi connectivity index (χ3v) is 3.23. The van der Waals surface area contributed by atoms with Gasteiger partial charge in [-0.15, -0.1) is 0 Å². The van der Waals surface area contributed by atoms with Crippen molar-refractivity contribution in [3.8, 4) is 6.07 Å². The first-order valence-corrected chi connectivity index (χ1v) is 6.20. The zero-order valence-corrected chi connectivity index (χ0v) is 11.7. The van der Waals surface area contributed by atoms with Gasteiger partial charge < -0.3 is 10.7 Å². The van der Waals surface area contributed by atoms with Crippen LogP contribution in [0.3, 0.4) is 0 Å². The van der Waals surface area contributed by atoms with Gasteiger partial charge in [0.15, 0.2) is 0 Å². The fraction of sp³-hybridized carbons (Fsp3) is 0.0833. The number of nitrogens with two attached hydrogens (primary N) is 1. The molecule has 0 spiro atoms. The number of hydrogen-bond donors (Lipinski definition) is 3. The van der Waals surface area contributed by atoms with E-state index in [0.29, 0.717) is 17.2 Å². The minimum absolute atomic E-state index is 0.558. The van der Waals surface area contributed by atoms with Crippen LogP contribution >= 0.6 is 15.9 Å². The van der Waals surface area contributed by atoms with Crippen LogP contribution in [0.1, 0.15) is 11.1 Å². The monoisotopic (exact) mass is 318 g/mol. The standard InChI is InChI=1S/C12H11BrN6/c1-7-11(16-6-17-12(7)19-15)18-10-3-2-8(5-14)4-9(10)13/h2-4,6H,15H2,1H3,(H2,16,17,18,19). The molecule has 1 heterocycles. The zero-order chi connectivity index (χ0) is 13.8. The van der Waals surface area contributed by atoms with Crippen LogP contribution < -0.4 is 16.6 Å². The Balaban J connectivity index is 2.34. The van der Waals surface area contributed by atoms with Crippen molar-refractivity contribution in [1.82, 2.24) is 9.97 Å². The van der Waals surface area contributed by atoms with Crippen LogP contribution in [0.4, 0.5) is 17.3 Å². The highest BCUT2D eigenvalue weighted by Gasteiger charge is 2.08. The Kier molecular flexibility index (Phi) is 3.94. The molecule has 1 aromatic carbocycles. The second kappa shape index (κ2) is 5.65. The quantitative estimate of drug-likeness (QED) is 0.593. The molecule has 6 nitrogen and oxygen atoms in total. The second-order valence-corrected chi connectivity index (χ2v) is 4.63. The molecular formula is C12H11BrN6. The predicted molar refractivity (Wildman–Crippen MR) is 76.7 cm³/mol. The molecule has 0 aliphatic carbocycles. The summed E-state index contributed by atoms with van der Waals surface area (Å²) in [6.45, 7) is 1.86. The number of anilines is 3. The predicted octanol–water partition coefficient (Wildman–Crippen LogP) is 2.45. The van der Waals surface area contributed by atoms with E-state index in [1.807, 2.05) is 6.92 Å². The molecular weight excluding hydrogens is 308 g/mol. The lowest BCUT2D eigenvalue weighted by molar-refractivity contribution is 1.10. The molecule has 1 aromatic heterocycles. The highest BCUT2D eigenvalue weighted by Crippen LogP contribution is 2.28. The molecule has 4 N–H and O–H groups in total. The van der Waals surface area contributed by atoms with Crippen LogP contribution in [0.5, 0.6) is 0 Å². The third kappa shape index (κ3) is 2.81. The van der Waals surface area contributed by atoms with Crippen molar-refractivity contribution in [2.45, 2.75) is 6.92 Å². The Hall–Kier alpha value is -2.17. The maximum absolute atomic E-state index is 8.82. The van der Waals surface area contributed by atoms with Crippen LogP contribution in [-0.2, 0) is 0 Å². The summed E-state index contributed by atoms with van der Waals surface area (Å²) < 4.78 is 0.784. The van der Waals surface area contributed by atoms with Crippen LogP contribution in [-0.4, -0.2) is 9.97 Å². The Bertz CT molecular complexity index is 649. The lowest BCUT2D eigenvalue weighted by atomic mass is 10.2. The SMILES string of the molecule is Cc1c(NN)ncnc1Nc1ccc(C#N)cc1Br. The van der Waals surface area contributed by atoms with Gasteiger partial charge in [0.2, 0.25) is 0 Å².